The number of azo groups is 1. The number of aromatic nitrogens is 1. The third-order valence-electron chi connectivity index (χ3n) is 4.45. The first kappa shape index (κ1) is 21.9. The van der Waals surface area contributed by atoms with Gasteiger partial charge in [0.1, 0.15) is 10.6 Å². The number of rotatable bonds is 7. The summed E-state index contributed by atoms with van der Waals surface area (Å²) >= 11 is 3.35. The van der Waals surface area contributed by atoms with Crippen LogP contribution in [0.15, 0.2) is 56.0 Å². The monoisotopic (exact) mass is 495 g/mol. The van der Waals surface area contributed by atoms with Crippen molar-refractivity contribution in [3.05, 3.63) is 51.0 Å². The highest BCUT2D eigenvalue weighted by Crippen LogP contribution is 2.39. The van der Waals surface area contributed by atoms with Gasteiger partial charge < -0.3 is 10.1 Å². The highest BCUT2D eigenvalue weighted by molar-refractivity contribution is 9.10. The van der Waals surface area contributed by atoms with Gasteiger partial charge in [-0.05, 0) is 24.3 Å². The van der Waals surface area contributed by atoms with Crippen molar-refractivity contribution in [1.82, 2.24) is 9.29 Å². The highest BCUT2D eigenvalue weighted by Gasteiger charge is 2.27. The number of nitro groups is 1. The number of hydrogen-bond donors (Lipinski definition) is 2. The van der Waals surface area contributed by atoms with Crippen molar-refractivity contribution < 1.29 is 18.4 Å². The lowest BCUT2D eigenvalue weighted by atomic mass is 10.2. The molecule has 0 aliphatic heterocycles. The van der Waals surface area contributed by atoms with E-state index in [-0.39, 0.29) is 40.9 Å². The average molecular weight is 496 g/mol. The van der Waals surface area contributed by atoms with Gasteiger partial charge in [-0.2, -0.15) is 4.31 Å². The minimum Gasteiger partial charge on any atom is -0.493 e. The van der Waals surface area contributed by atoms with Crippen LogP contribution < -0.4 is 0 Å². The Morgan fingerprint density at radius 1 is 1.17 bits per heavy atom. The molecule has 0 spiro atoms. The Kier molecular flexibility index (Phi) is 6.19. The van der Waals surface area contributed by atoms with E-state index < -0.39 is 14.9 Å². The van der Waals surface area contributed by atoms with Gasteiger partial charge in [0.2, 0.25) is 15.9 Å². The number of nitro benzene ring substituents is 1. The van der Waals surface area contributed by atoms with Crippen LogP contribution in [-0.2, 0) is 10.0 Å². The summed E-state index contributed by atoms with van der Waals surface area (Å²) in [7, 11) is -4.04. The second-order valence-electron chi connectivity index (χ2n) is 6.21. The van der Waals surface area contributed by atoms with Crippen LogP contribution in [0.2, 0.25) is 0 Å². The number of fused-ring (bicyclic) bond motifs is 1. The van der Waals surface area contributed by atoms with E-state index in [0.29, 0.717) is 10.9 Å². The number of non-ortho nitro benzene ring substituents is 1. The van der Waals surface area contributed by atoms with Crippen LogP contribution in [0.5, 0.6) is 5.88 Å². The van der Waals surface area contributed by atoms with E-state index in [9.17, 15) is 23.6 Å². The molecule has 12 heteroatoms. The largest absolute Gasteiger partial charge is 0.493 e. The molecule has 1 aromatic heterocycles. The standard InChI is InChI=1S/C18H18BrN5O5S/c1-3-23(4-2)30(28,29)16-10-12(24(26)27)6-8-15(16)21-22-17-13-9-11(19)5-7-14(13)20-18(17)25/h5-10,20,25H,3-4H2,1-2H3. The summed E-state index contributed by atoms with van der Waals surface area (Å²) in [5.74, 6) is -0.234. The molecule has 0 saturated heterocycles. The summed E-state index contributed by atoms with van der Waals surface area (Å²) in [5, 5.41) is 30.0. The molecule has 0 amide bonds. The van der Waals surface area contributed by atoms with Gasteiger partial charge in [0, 0.05) is 35.1 Å². The summed E-state index contributed by atoms with van der Waals surface area (Å²) in [5.41, 5.74) is 0.287. The number of sulfonamides is 1. The van der Waals surface area contributed by atoms with E-state index in [2.05, 4.69) is 31.1 Å². The van der Waals surface area contributed by atoms with Crippen molar-refractivity contribution in [2.75, 3.05) is 13.1 Å². The van der Waals surface area contributed by atoms with Gasteiger partial charge in [-0.3, -0.25) is 10.1 Å². The average Bonchev–Trinajstić information content (AvgIpc) is 3.01. The molecule has 0 atom stereocenters. The predicted molar refractivity (Wildman–Crippen MR) is 115 cm³/mol. The number of aromatic hydroxyl groups is 1. The lowest BCUT2D eigenvalue weighted by Gasteiger charge is -2.19. The number of halogens is 1. The zero-order valence-corrected chi connectivity index (χ0v) is 18.4. The first-order valence-corrected chi connectivity index (χ1v) is 11.1. The smallest absolute Gasteiger partial charge is 0.270 e. The van der Waals surface area contributed by atoms with Crippen molar-refractivity contribution in [2.24, 2.45) is 10.2 Å². The lowest BCUT2D eigenvalue weighted by Crippen LogP contribution is -2.30. The van der Waals surface area contributed by atoms with Gasteiger partial charge in [0.05, 0.1) is 10.4 Å². The molecule has 3 aromatic rings. The number of H-pyrrole nitrogens is 1. The number of benzene rings is 2. The van der Waals surface area contributed by atoms with E-state index in [1.165, 1.54) is 10.4 Å². The van der Waals surface area contributed by atoms with Crippen LogP contribution in [0.4, 0.5) is 17.1 Å². The van der Waals surface area contributed by atoms with E-state index >= 15 is 0 Å². The van der Waals surface area contributed by atoms with E-state index in [1.54, 1.807) is 32.0 Å². The molecule has 3 rings (SSSR count). The summed E-state index contributed by atoms with van der Waals surface area (Å²) in [6.45, 7) is 3.72. The summed E-state index contributed by atoms with van der Waals surface area (Å²) < 4.78 is 28.0. The van der Waals surface area contributed by atoms with Crippen molar-refractivity contribution >= 4 is 53.9 Å². The molecule has 0 radical (unpaired) electrons. The molecule has 0 saturated carbocycles. The Morgan fingerprint density at radius 3 is 2.50 bits per heavy atom. The van der Waals surface area contributed by atoms with Crippen LogP contribution in [0.3, 0.4) is 0 Å². The first-order chi connectivity index (χ1) is 14.2. The third kappa shape index (κ3) is 4.06. The molecule has 0 fully saturated rings. The molecule has 0 unspecified atom stereocenters. The van der Waals surface area contributed by atoms with Crippen molar-refractivity contribution in [3.63, 3.8) is 0 Å². The fourth-order valence-corrected chi connectivity index (χ4v) is 4.91. The first-order valence-electron chi connectivity index (χ1n) is 8.89. The molecule has 158 valence electrons. The fourth-order valence-electron chi connectivity index (χ4n) is 2.95. The predicted octanol–water partition coefficient (Wildman–Crippen LogP) is 4.99. The Bertz CT molecular complexity index is 1250. The van der Waals surface area contributed by atoms with E-state index in [1.807, 2.05) is 0 Å². The zero-order chi connectivity index (χ0) is 22.1. The molecule has 1 heterocycles. The Balaban J connectivity index is 2.16. The Hall–Kier alpha value is -2.83. The van der Waals surface area contributed by atoms with Gasteiger partial charge in [0.25, 0.3) is 5.69 Å². The molecular weight excluding hydrogens is 478 g/mol. The number of hydrogen-bond acceptors (Lipinski definition) is 7. The number of nitrogens with one attached hydrogen (secondary N) is 1. The van der Waals surface area contributed by atoms with Crippen LogP contribution in [-0.4, -0.2) is 40.8 Å². The number of aromatic amines is 1. The summed E-state index contributed by atoms with van der Waals surface area (Å²) in [6, 6.07) is 8.59. The molecular formula is C18H18BrN5O5S. The minimum absolute atomic E-state index is 0.0729. The van der Waals surface area contributed by atoms with Crippen molar-refractivity contribution in [1.29, 1.82) is 0 Å². The minimum atomic E-state index is -4.04. The second-order valence-corrected chi connectivity index (χ2v) is 9.03. The van der Waals surface area contributed by atoms with Crippen molar-refractivity contribution in [3.8, 4) is 5.88 Å². The molecule has 0 aliphatic rings. The van der Waals surface area contributed by atoms with Crippen molar-refractivity contribution in [2.45, 2.75) is 18.7 Å². The third-order valence-corrected chi connectivity index (χ3v) is 7.02. The van der Waals surface area contributed by atoms with Crippen LogP contribution >= 0.6 is 15.9 Å². The molecule has 0 aliphatic carbocycles. The van der Waals surface area contributed by atoms with Crippen LogP contribution in [0, 0.1) is 10.1 Å². The highest BCUT2D eigenvalue weighted by atomic mass is 79.9. The quantitative estimate of drug-likeness (QED) is 0.269. The lowest BCUT2D eigenvalue weighted by molar-refractivity contribution is -0.385. The maximum absolute atomic E-state index is 13.0. The zero-order valence-electron chi connectivity index (χ0n) is 16.0. The van der Waals surface area contributed by atoms with Gasteiger partial charge in [-0.25, -0.2) is 8.42 Å². The topological polar surface area (TPSA) is 141 Å². The van der Waals surface area contributed by atoms with E-state index in [4.69, 9.17) is 0 Å². The van der Waals surface area contributed by atoms with Crippen LogP contribution in [0.25, 0.3) is 10.9 Å². The second kappa shape index (κ2) is 8.50. The summed E-state index contributed by atoms with van der Waals surface area (Å²) in [4.78, 5) is 12.9. The van der Waals surface area contributed by atoms with E-state index in [0.717, 1.165) is 16.6 Å². The van der Waals surface area contributed by atoms with Gasteiger partial charge in [-0.1, -0.05) is 29.8 Å². The molecule has 2 aromatic carbocycles. The normalized spacial score (nSPS) is 12.3. The van der Waals surface area contributed by atoms with Gasteiger partial charge in [-0.15, -0.1) is 10.2 Å². The van der Waals surface area contributed by atoms with Gasteiger partial charge >= 0.3 is 0 Å². The maximum atomic E-state index is 13.0. The molecule has 30 heavy (non-hydrogen) atoms. The summed E-state index contributed by atoms with van der Waals surface area (Å²) in [6.07, 6.45) is 0. The fraction of sp³-hybridized carbons (Fsp3) is 0.222. The number of nitrogens with zero attached hydrogens (tertiary/aromatic N) is 4. The molecule has 10 nitrogen and oxygen atoms in total. The SMILES string of the molecule is CCN(CC)S(=O)(=O)c1cc([N+](=O)[O-])ccc1N=Nc1c(O)[nH]c2ccc(Br)cc12. The van der Waals surface area contributed by atoms with Gasteiger partial charge in [0.15, 0.2) is 5.69 Å². The molecule has 0 bridgehead atoms. The maximum Gasteiger partial charge on any atom is 0.270 e. The Morgan fingerprint density at radius 2 is 1.87 bits per heavy atom. The Labute approximate surface area is 180 Å². The van der Waals surface area contributed by atoms with Crippen LogP contribution in [0.1, 0.15) is 13.8 Å². The molecule has 2 N–H and O–H groups in total.